The van der Waals surface area contributed by atoms with Gasteiger partial charge in [-0.1, -0.05) is 65.7 Å². The molecule has 1 saturated heterocycles. The molecule has 0 bridgehead atoms. The fourth-order valence-electron chi connectivity index (χ4n) is 7.05. The number of carbonyl (C=O) groups is 2. The van der Waals surface area contributed by atoms with Crippen molar-refractivity contribution >= 4 is 40.8 Å². The average Bonchev–Trinajstić information content (AvgIpc) is 3.57. The summed E-state index contributed by atoms with van der Waals surface area (Å²) in [4.78, 5) is 49.6. The topological polar surface area (TPSA) is 147 Å². The summed E-state index contributed by atoms with van der Waals surface area (Å²) in [5, 5.41) is 16.9. The molecule has 292 valence electrons. The predicted octanol–water partition coefficient (Wildman–Crippen LogP) is 7.03. The number of halogens is 2. The summed E-state index contributed by atoms with van der Waals surface area (Å²) in [6.45, 7) is 6.05. The van der Waals surface area contributed by atoms with Crippen LogP contribution in [-0.4, -0.2) is 73.8 Å². The van der Waals surface area contributed by atoms with E-state index in [0.29, 0.717) is 63.3 Å². The Morgan fingerprint density at radius 3 is 2.36 bits per heavy atom. The molecule has 0 radical (unpaired) electrons. The van der Waals surface area contributed by atoms with Crippen molar-refractivity contribution in [2.75, 3.05) is 13.7 Å². The molecule has 2 aliphatic rings. The molecule has 1 atom stereocenters. The van der Waals surface area contributed by atoms with Crippen molar-refractivity contribution < 1.29 is 24.2 Å². The number of methoxy groups -OCH3 is 1. The summed E-state index contributed by atoms with van der Waals surface area (Å²) in [6.07, 6.45) is 4.74. The Kier molecular flexibility index (Phi) is 11.4. The van der Waals surface area contributed by atoms with E-state index in [1.807, 2.05) is 48.5 Å². The van der Waals surface area contributed by atoms with Crippen molar-refractivity contribution in [1.82, 2.24) is 29.9 Å². The van der Waals surface area contributed by atoms with Gasteiger partial charge >= 0.3 is 6.09 Å². The molecule has 56 heavy (non-hydrogen) atoms. The van der Waals surface area contributed by atoms with Gasteiger partial charge in [-0.15, -0.1) is 0 Å². The van der Waals surface area contributed by atoms with Gasteiger partial charge in [0.1, 0.15) is 11.2 Å². The van der Waals surface area contributed by atoms with Gasteiger partial charge in [0.15, 0.2) is 0 Å². The summed E-state index contributed by atoms with van der Waals surface area (Å²) < 4.78 is 12.7. The van der Waals surface area contributed by atoms with Gasteiger partial charge in [0.25, 0.3) is 5.56 Å². The van der Waals surface area contributed by atoms with Crippen LogP contribution in [0.5, 0.6) is 5.88 Å². The van der Waals surface area contributed by atoms with Crippen LogP contribution in [0.4, 0.5) is 4.79 Å². The largest absolute Gasteiger partial charge is 0.481 e. The number of aliphatic hydroxyl groups is 1. The minimum absolute atomic E-state index is 0.0403. The highest BCUT2D eigenvalue weighted by atomic mass is 35.5. The molecule has 1 aliphatic carbocycles. The number of carbonyl (C=O) groups excluding carboxylic acids is 2. The lowest BCUT2D eigenvalue weighted by Crippen LogP contribution is -2.44. The lowest BCUT2D eigenvalue weighted by molar-refractivity contribution is -0.119. The molecule has 0 unspecified atom stereocenters. The highest BCUT2D eigenvalue weighted by molar-refractivity contribution is 6.39. The van der Waals surface area contributed by atoms with Gasteiger partial charge in [-0.25, -0.2) is 14.8 Å². The minimum atomic E-state index is -0.745. The molecule has 2 aromatic carbocycles. The zero-order chi connectivity index (χ0) is 39.7. The molecule has 3 aromatic heterocycles. The molecule has 4 heterocycles. The lowest BCUT2D eigenvalue weighted by atomic mass is 9.89. The van der Waals surface area contributed by atoms with Gasteiger partial charge in [-0.05, 0) is 63.8 Å². The number of rotatable bonds is 11. The first-order valence-corrected chi connectivity index (χ1v) is 19.3. The van der Waals surface area contributed by atoms with E-state index < -0.39 is 11.7 Å². The van der Waals surface area contributed by atoms with E-state index in [-0.39, 0.29) is 42.7 Å². The van der Waals surface area contributed by atoms with Gasteiger partial charge in [0.05, 0.1) is 41.1 Å². The first kappa shape index (κ1) is 39.2. The van der Waals surface area contributed by atoms with E-state index in [9.17, 15) is 19.5 Å². The molecule has 14 heteroatoms. The quantitative estimate of drug-likeness (QED) is 0.128. The second-order valence-corrected chi connectivity index (χ2v) is 16.1. The second-order valence-electron chi connectivity index (χ2n) is 15.3. The van der Waals surface area contributed by atoms with Crippen LogP contribution in [0.2, 0.25) is 10.0 Å². The molecule has 7 rings (SSSR count). The summed E-state index contributed by atoms with van der Waals surface area (Å²) in [6, 6.07) is 18.9. The third-order valence-corrected chi connectivity index (χ3v) is 10.8. The molecule has 0 spiro atoms. The maximum Gasteiger partial charge on any atom is 0.410 e. The summed E-state index contributed by atoms with van der Waals surface area (Å²) in [7, 11) is 1.59. The van der Waals surface area contributed by atoms with Crippen molar-refractivity contribution in [1.29, 1.82) is 0 Å². The number of aliphatic hydroxyl groups excluding tert-OH is 1. The Morgan fingerprint density at radius 1 is 1.00 bits per heavy atom. The number of nitrogens with zero attached hydrogens (tertiary/aromatic N) is 4. The highest BCUT2D eigenvalue weighted by Crippen LogP contribution is 2.42. The molecule has 1 aliphatic heterocycles. The molecular formula is C42H44Cl2N6O6. The second kappa shape index (κ2) is 16.2. The SMILES string of the molecule is COc1nc(-c2cccc(-c3cccc(-c4ccn5c(=O)c(CN(C[C@@H]6CCC(=O)N6)C(=O)OC(C)(C)C)cnc5c4)c3Cl)c2Cl)ccc1CN[C@H]1C[C@H](O)C1. The van der Waals surface area contributed by atoms with Crippen molar-refractivity contribution in [2.45, 2.75) is 83.3 Å². The number of aromatic nitrogens is 3. The number of benzene rings is 2. The van der Waals surface area contributed by atoms with Crippen molar-refractivity contribution in [3.8, 4) is 39.4 Å². The Balaban J connectivity index is 1.14. The van der Waals surface area contributed by atoms with Crippen LogP contribution in [-0.2, 0) is 22.6 Å². The molecular weight excluding hydrogens is 755 g/mol. The van der Waals surface area contributed by atoms with Crippen LogP contribution in [0, 0.1) is 0 Å². The van der Waals surface area contributed by atoms with E-state index in [4.69, 9.17) is 37.7 Å². The number of pyridine rings is 2. The van der Waals surface area contributed by atoms with Gasteiger partial charge < -0.3 is 30.1 Å². The van der Waals surface area contributed by atoms with Crippen LogP contribution in [0.25, 0.3) is 39.2 Å². The number of amides is 2. The summed E-state index contributed by atoms with van der Waals surface area (Å²) in [5.74, 6) is 0.423. The lowest BCUT2D eigenvalue weighted by Gasteiger charge is -2.32. The summed E-state index contributed by atoms with van der Waals surface area (Å²) in [5.41, 5.74) is 4.78. The van der Waals surface area contributed by atoms with Crippen LogP contribution in [0.3, 0.4) is 0 Å². The maximum absolute atomic E-state index is 13.8. The minimum Gasteiger partial charge on any atom is -0.481 e. The third-order valence-electron chi connectivity index (χ3n) is 10.0. The van der Waals surface area contributed by atoms with Crippen LogP contribution >= 0.6 is 23.2 Å². The normalized spacial score (nSPS) is 18.1. The van der Waals surface area contributed by atoms with Crippen molar-refractivity contribution in [3.63, 3.8) is 0 Å². The Bertz CT molecular complexity index is 2360. The van der Waals surface area contributed by atoms with Crippen LogP contribution in [0.1, 0.15) is 57.6 Å². The van der Waals surface area contributed by atoms with Gasteiger partial charge in [0, 0.05) is 71.8 Å². The fraction of sp³-hybridized carbons (Fsp3) is 0.357. The zero-order valence-electron chi connectivity index (χ0n) is 31.6. The number of hydrogen-bond donors (Lipinski definition) is 3. The summed E-state index contributed by atoms with van der Waals surface area (Å²) >= 11 is 14.2. The van der Waals surface area contributed by atoms with E-state index in [0.717, 1.165) is 35.1 Å². The number of hydrogen-bond acceptors (Lipinski definition) is 9. The standard InChI is InChI=1S/C42H44Cl2N6O6/c1-42(2,3)56-41(54)49(23-27-12-14-36(52)47-27)22-26-21-46-35-17-24(15-16-50(35)40(26)53)30-7-5-8-31(37(30)43)32-9-6-10-33(38(32)44)34-13-11-25(39(48-34)55-4)20-45-28-18-29(51)19-28/h5-11,13,15-17,21,27-29,45,51H,12,14,18-20,22-23H2,1-4H3,(H,47,52)/t27-,28-,29-/m0/s1. The number of ether oxygens (including phenoxy) is 2. The smallest absolute Gasteiger partial charge is 0.410 e. The Labute approximate surface area is 334 Å². The fourth-order valence-corrected chi connectivity index (χ4v) is 7.71. The molecule has 1 saturated carbocycles. The molecule has 12 nitrogen and oxygen atoms in total. The number of fused-ring (bicyclic) bond motifs is 1. The van der Waals surface area contributed by atoms with E-state index in [1.165, 1.54) is 15.5 Å². The monoisotopic (exact) mass is 798 g/mol. The number of nitrogens with one attached hydrogen (secondary N) is 2. The Hall–Kier alpha value is -5.01. The third kappa shape index (κ3) is 8.53. The molecule has 2 fully saturated rings. The first-order valence-electron chi connectivity index (χ1n) is 18.6. The van der Waals surface area contributed by atoms with E-state index >= 15 is 0 Å². The molecule has 2 amide bonds. The van der Waals surface area contributed by atoms with Gasteiger partial charge in [-0.3, -0.25) is 14.0 Å². The van der Waals surface area contributed by atoms with Gasteiger partial charge in [0.2, 0.25) is 11.8 Å². The highest BCUT2D eigenvalue weighted by Gasteiger charge is 2.30. The van der Waals surface area contributed by atoms with Crippen molar-refractivity contribution in [3.05, 3.63) is 105 Å². The molecule has 3 N–H and O–H groups in total. The van der Waals surface area contributed by atoms with Gasteiger partial charge in [-0.2, -0.15) is 0 Å². The Morgan fingerprint density at radius 2 is 1.70 bits per heavy atom. The van der Waals surface area contributed by atoms with Crippen LogP contribution in [0.15, 0.2) is 77.9 Å². The van der Waals surface area contributed by atoms with E-state index in [1.54, 1.807) is 46.2 Å². The maximum atomic E-state index is 13.8. The van der Waals surface area contributed by atoms with Crippen molar-refractivity contribution in [2.24, 2.45) is 0 Å². The predicted molar refractivity (Wildman–Crippen MR) is 216 cm³/mol. The average molecular weight is 800 g/mol. The van der Waals surface area contributed by atoms with E-state index in [2.05, 4.69) is 15.6 Å². The zero-order valence-corrected chi connectivity index (χ0v) is 33.2. The molecule has 5 aromatic rings. The first-order chi connectivity index (χ1) is 26.8. The van der Waals surface area contributed by atoms with Crippen LogP contribution < -0.4 is 20.9 Å².